The van der Waals surface area contributed by atoms with Crippen molar-refractivity contribution in [2.75, 3.05) is 11.9 Å². The fourth-order valence-electron chi connectivity index (χ4n) is 0.921. The zero-order chi connectivity index (χ0) is 13.8. The minimum Gasteiger partial charge on any atom is -0.339 e. The van der Waals surface area contributed by atoms with Gasteiger partial charge in [-0.2, -0.15) is 13.2 Å². The number of amides is 2. The van der Waals surface area contributed by atoms with Gasteiger partial charge in [-0.15, -0.1) is 0 Å². The summed E-state index contributed by atoms with van der Waals surface area (Å²) in [6.45, 7) is -0.813. The molecular formula is C9H7ClF3N3O2. The molecule has 0 aliphatic carbocycles. The van der Waals surface area contributed by atoms with Crippen LogP contribution in [0.4, 0.5) is 19.0 Å². The third-order valence-corrected chi connectivity index (χ3v) is 1.89. The monoisotopic (exact) mass is 281 g/mol. The lowest BCUT2D eigenvalue weighted by Gasteiger charge is -2.08. The largest absolute Gasteiger partial charge is 0.471 e. The number of nitrogens with zero attached hydrogens (tertiary/aromatic N) is 1. The number of pyridine rings is 1. The first kappa shape index (κ1) is 14.2. The van der Waals surface area contributed by atoms with E-state index in [0.717, 1.165) is 0 Å². The molecule has 0 aliphatic rings. The molecule has 0 bridgehead atoms. The lowest BCUT2D eigenvalue weighted by molar-refractivity contribution is -0.173. The molecule has 5 nitrogen and oxygen atoms in total. The second-order valence-corrected chi connectivity index (χ2v) is 3.52. The summed E-state index contributed by atoms with van der Waals surface area (Å²) in [5.74, 6) is -2.95. The molecule has 0 fully saturated rings. The Bertz CT molecular complexity index is 465. The Morgan fingerprint density at radius 3 is 2.61 bits per heavy atom. The topological polar surface area (TPSA) is 71.1 Å². The van der Waals surface area contributed by atoms with Gasteiger partial charge in [0.2, 0.25) is 5.91 Å². The van der Waals surface area contributed by atoms with Crippen LogP contribution in [0.5, 0.6) is 0 Å². The van der Waals surface area contributed by atoms with E-state index in [9.17, 15) is 22.8 Å². The summed E-state index contributed by atoms with van der Waals surface area (Å²) in [6, 6.07) is 2.77. The SMILES string of the molecule is O=C(CNC(=O)C(F)(F)F)Nc1cc(Cl)ccn1. The molecule has 9 heteroatoms. The Balaban J connectivity index is 2.46. The molecule has 0 aromatic carbocycles. The van der Waals surface area contributed by atoms with Gasteiger partial charge < -0.3 is 10.6 Å². The highest BCUT2D eigenvalue weighted by Gasteiger charge is 2.38. The van der Waals surface area contributed by atoms with Gasteiger partial charge in [0.15, 0.2) is 0 Å². The first-order chi connectivity index (χ1) is 8.29. The van der Waals surface area contributed by atoms with Gasteiger partial charge in [0, 0.05) is 11.2 Å². The van der Waals surface area contributed by atoms with Crippen molar-refractivity contribution in [2.24, 2.45) is 0 Å². The highest BCUT2D eigenvalue weighted by Crippen LogP contribution is 2.14. The molecular weight excluding hydrogens is 275 g/mol. The summed E-state index contributed by atoms with van der Waals surface area (Å²) < 4.78 is 35.4. The maximum atomic E-state index is 11.8. The van der Waals surface area contributed by atoms with Crippen molar-refractivity contribution in [3.05, 3.63) is 23.4 Å². The van der Waals surface area contributed by atoms with E-state index in [1.54, 1.807) is 0 Å². The van der Waals surface area contributed by atoms with Crippen molar-refractivity contribution in [3.63, 3.8) is 0 Å². The molecule has 2 N–H and O–H groups in total. The van der Waals surface area contributed by atoms with Crippen LogP contribution in [0.25, 0.3) is 0 Å². The molecule has 2 amide bonds. The zero-order valence-electron chi connectivity index (χ0n) is 8.71. The van der Waals surface area contributed by atoms with Gasteiger partial charge >= 0.3 is 12.1 Å². The Labute approximate surface area is 104 Å². The highest BCUT2D eigenvalue weighted by atomic mass is 35.5. The molecule has 0 saturated heterocycles. The number of rotatable bonds is 3. The lowest BCUT2D eigenvalue weighted by Crippen LogP contribution is -2.41. The van der Waals surface area contributed by atoms with Gasteiger partial charge in [-0.1, -0.05) is 11.6 Å². The van der Waals surface area contributed by atoms with Gasteiger partial charge in [-0.05, 0) is 12.1 Å². The summed E-state index contributed by atoms with van der Waals surface area (Å²) in [7, 11) is 0. The van der Waals surface area contributed by atoms with Gasteiger partial charge in [0.25, 0.3) is 0 Å². The van der Waals surface area contributed by atoms with Crippen LogP contribution in [0.2, 0.25) is 5.02 Å². The number of carbonyl (C=O) groups is 2. The summed E-state index contributed by atoms with van der Waals surface area (Å²) in [4.78, 5) is 25.3. The van der Waals surface area contributed by atoms with Crippen molar-refractivity contribution >= 4 is 29.2 Å². The predicted molar refractivity (Wildman–Crippen MR) is 56.9 cm³/mol. The van der Waals surface area contributed by atoms with Crippen LogP contribution in [0.15, 0.2) is 18.3 Å². The van der Waals surface area contributed by atoms with Crippen molar-refractivity contribution in [1.82, 2.24) is 10.3 Å². The molecule has 1 aromatic heterocycles. The standard InChI is InChI=1S/C9H7ClF3N3O2/c10-5-1-2-14-6(3-5)16-7(17)4-15-8(18)9(11,12)13/h1-3H,4H2,(H,15,18)(H,14,16,17). The van der Waals surface area contributed by atoms with Crippen molar-refractivity contribution in [3.8, 4) is 0 Å². The van der Waals surface area contributed by atoms with Gasteiger partial charge in [-0.25, -0.2) is 4.98 Å². The van der Waals surface area contributed by atoms with E-state index in [4.69, 9.17) is 11.6 Å². The van der Waals surface area contributed by atoms with E-state index in [1.165, 1.54) is 23.6 Å². The highest BCUT2D eigenvalue weighted by molar-refractivity contribution is 6.30. The van der Waals surface area contributed by atoms with Crippen molar-refractivity contribution in [1.29, 1.82) is 0 Å². The molecule has 0 atom stereocenters. The molecule has 0 saturated carbocycles. The number of anilines is 1. The average Bonchev–Trinajstić information content (AvgIpc) is 2.24. The maximum Gasteiger partial charge on any atom is 0.471 e. The summed E-state index contributed by atoms with van der Waals surface area (Å²) in [6.07, 6.45) is -3.71. The third kappa shape index (κ3) is 4.58. The second kappa shape index (κ2) is 5.67. The third-order valence-electron chi connectivity index (χ3n) is 1.66. The number of aromatic nitrogens is 1. The van der Waals surface area contributed by atoms with E-state index in [2.05, 4.69) is 10.3 Å². The van der Waals surface area contributed by atoms with Crippen molar-refractivity contribution < 1.29 is 22.8 Å². The smallest absolute Gasteiger partial charge is 0.339 e. The van der Waals surface area contributed by atoms with E-state index in [-0.39, 0.29) is 5.82 Å². The van der Waals surface area contributed by atoms with E-state index in [0.29, 0.717) is 5.02 Å². The number of nitrogens with one attached hydrogen (secondary N) is 2. The van der Waals surface area contributed by atoms with Crippen LogP contribution in [0.1, 0.15) is 0 Å². The summed E-state index contributed by atoms with van der Waals surface area (Å²) in [5, 5.41) is 3.90. The average molecular weight is 282 g/mol. The van der Waals surface area contributed by atoms with Gasteiger partial charge in [0.05, 0.1) is 6.54 Å². The molecule has 0 unspecified atom stereocenters. The van der Waals surface area contributed by atoms with E-state index < -0.39 is 24.5 Å². The van der Waals surface area contributed by atoms with Crippen LogP contribution in [-0.2, 0) is 9.59 Å². The minimum atomic E-state index is -5.02. The van der Waals surface area contributed by atoms with Crippen molar-refractivity contribution in [2.45, 2.75) is 6.18 Å². The lowest BCUT2D eigenvalue weighted by atomic mass is 10.4. The van der Waals surface area contributed by atoms with E-state index >= 15 is 0 Å². The van der Waals surface area contributed by atoms with Crippen LogP contribution < -0.4 is 10.6 Å². The van der Waals surface area contributed by atoms with Crippen LogP contribution in [0, 0.1) is 0 Å². The number of carbonyl (C=O) groups excluding carboxylic acids is 2. The Hall–Kier alpha value is -1.83. The Morgan fingerprint density at radius 2 is 2.06 bits per heavy atom. The minimum absolute atomic E-state index is 0.0776. The molecule has 1 aromatic rings. The normalized spacial score (nSPS) is 10.9. The number of alkyl halides is 3. The second-order valence-electron chi connectivity index (χ2n) is 3.09. The predicted octanol–water partition coefficient (Wildman–Crippen LogP) is 1.35. The molecule has 0 spiro atoms. The van der Waals surface area contributed by atoms with Crippen LogP contribution >= 0.6 is 11.6 Å². The molecule has 0 aliphatic heterocycles. The Kier molecular flexibility index (Phi) is 4.49. The first-order valence-electron chi connectivity index (χ1n) is 4.55. The number of hydrogen-bond donors (Lipinski definition) is 2. The molecule has 1 heterocycles. The molecule has 18 heavy (non-hydrogen) atoms. The Morgan fingerprint density at radius 1 is 1.39 bits per heavy atom. The fraction of sp³-hybridized carbons (Fsp3) is 0.222. The molecule has 0 radical (unpaired) electrons. The first-order valence-corrected chi connectivity index (χ1v) is 4.93. The van der Waals surface area contributed by atoms with Crippen LogP contribution in [-0.4, -0.2) is 29.5 Å². The number of hydrogen-bond acceptors (Lipinski definition) is 3. The van der Waals surface area contributed by atoms with Gasteiger partial charge in [0.1, 0.15) is 5.82 Å². The molecule has 1 rings (SSSR count). The summed E-state index contributed by atoms with van der Waals surface area (Å²) >= 11 is 5.61. The summed E-state index contributed by atoms with van der Waals surface area (Å²) in [5.41, 5.74) is 0. The molecule has 98 valence electrons. The zero-order valence-corrected chi connectivity index (χ0v) is 9.47. The van der Waals surface area contributed by atoms with Gasteiger partial charge in [-0.3, -0.25) is 9.59 Å². The number of halogens is 4. The fourth-order valence-corrected chi connectivity index (χ4v) is 1.08. The van der Waals surface area contributed by atoms with E-state index in [1.807, 2.05) is 0 Å². The quantitative estimate of drug-likeness (QED) is 0.878. The maximum absolute atomic E-state index is 11.8. The van der Waals surface area contributed by atoms with Crippen LogP contribution in [0.3, 0.4) is 0 Å².